The number of hydrogen-bond donors (Lipinski definition) is 0. The SMILES string of the molecule is C=CCCCCCC(C=CC)CCCC. The zero-order valence-corrected chi connectivity index (χ0v) is 10.7. The van der Waals surface area contributed by atoms with Crippen LogP contribution in [-0.4, -0.2) is 0 Å². The third-order valence-corrected chi connectivity index (χ3v) is 2.88. The van der Waals surface area contributed by atoms with Crippen molar-refractivity contribution in [2.24, 2.45) is 5.92 Å². The first kappa shape index (κ1) is 14.5. The van der Waals surface area contributed by atoms with Crippen LogP contribution in [0.2, 0.25) is 0 Å². The van der Waals surface area contributed by atoms with Gasteiger partial charge in [0, 0.05) is 0 Å². The maximum absolute atomic E-state index is 3.75. The summed E-state index contributed by atoms with van der Waals surface area (Å²) in [4.78, 5) is 0. The molecule has 0 heteroatoms. The quantitative estimate of drug-likeness (QED) is 0.328. The van der Waals surface area contributed by atoms with E-state index in [4.69, 9.17) is 0 Å². The molecule has 0 heterocycles. The van der Waals surface area contributed by atoms with Crippen molar-refractivity contribution in [3.63, 3.8) is 0 Å². The van der Waals surface area contributed by atoms with Crippen LogP contribution in [0.4, 0.5) is 0 Å². The van der Waals surface area contributed by atoms with Crippen LogP contribution in [0.15, 0.2) is 24.8 Å². The van der Waals surface area contributed by atoms with Crippen LogP contribution in [0.3, 0.4) is 0 Å². The molecule has 1 atom stereocenters. The summed E-state index contributed by atoms with van der Waals surface area (Å²) in [6.07, 6.45) is 17.3. The molecule has 0 saturated heterocycles. The van der Waals surface area contributed by atoms with Crippen molar-refractivity contribution in [1.82, 2.24) is 0 Å². The fourth-order valence-corrected chi connectivity index (χ4v) is 1.95. The first-order chi connectivity index (χ1) is 7.35. The Morgan fingerprint density at radius 3 is 2.40 bits per heavy atom. The van der Waals surface area contributed by atoms with Crippen LogP contribution in [0, 0.1) is 5.92 Å². The molecule has 0 N–H and O–H groups in total. The highest BCUT2D eigenvalue weighted by Gasteiger charge is 2.03. The van der Waals surface area contributed by atoms with Crippen molar-refractivity contribution in [1.29, 1.82) is 0 Å². The van der Waals surface area contributed by atoms with E-state index in [9.17, 15) is 0 Å². The third kappa shape index (κ3) is 9.78. The van der Waals surface area contributed by atoms with Gasteiger partial charge in [0.05, 0.1) is 0 Å². The van der Waals surface area contributed by atoms with Crippen LogP contribution >= 0.6 is 0 Å². The molecule has 0 aromatic heterocycles. The lowest BCUT2D eigenvalue weighted by atomic mass is 9.95. The van der Waals surface area contributed by atoms with Gasteiger partial charge < -0.3 is 0 Å². The second-order valence-corrected chi connectivity index (χ2v) is 4.35. The van der Waals surface area contributed by atoms with Gasteiger partial charge in [-0.2, -0.15) is 0 Å². The van der Waals surface area contributed by atoms with Gasteiger partial charge in [-0.05, 0) is 38.5 Å². The maximum Gasteiger partial charge on any atom is -0.0234 e. The summed E-state index contributed by atoms with van der Waals surface area (Å²) in [5.74, 6) is 0.832. The Bertz CT molecular complexity index is 155. The summed E-state index contributed by atoms with van der Waals surface area (Å²) in [6.45, 7) is 8.16. The fourth-order valence-electron chi connectivity index (χ4n) is 1.95. The van der Waals surface area contributed by atoms with Crippen molar-refractivity contribution in [3.05, 3.63) is 24.8 Å². The highest BCUT2D eigenvalue weighted by molar-refractivity contribution is 4.85. The number of hydrogen-bond acceptors (Lipinski definition) is 0. The predicted molar refractivity (Wildman–Crippen MR) is 71.1 cm³/mol. The molecule has 0 aromatic carbocycles. The minimum Gasteiger partial charge on any atom is -0.103 e. The van der Waals surface area contributed by atoms with Gasteiger partial charge in [0.1, 0.15) is 0 Å². The summed E-state index contributed by atoms with van der Waals surface area (Å²) in [7, 11) is 0. The summed E-state index contributed by atoms with van der Waals surface area (Å²) in [6, 6.07) is 0. The summed E-state index contributed by atoms with van der Waals surface area (Å²) < 4.78 is 0. The number of rotatable bonds is 10. The van der Waals surface area contributed by atoms with Crippen LogP contribution < -0.4 is 0 Å². The molecule has 0 aliphatic carbocycles. The van der Waals surface area contributed by atoms with Crippen molar-refractivity contribution in [3.8, 4) is 0 Å². The molecule has 0 rings (SSSR count). The smallest absolute Gasteiger partial charge is 0.0234 e. The molecule has 0 spiro atoms. The van der Waals surface area contributed by atoms with Gasteiger partial charge in [-0.3, -0.25) is 0 Å². The van der Waals surface area contributed by atoms with E-state index in [0.717, 1.165) is 5.92 Å². The van der Waals surface area contributed by atoms with E-state index >= 15 is 0 Å². The standard InChI is InChI=1S/C15H28/c1-4-7-9-10-11-14-15(12-6-3)13-8-5-2/h4,6,12,15H,1,5,7-11,13-14H2,2-3H3. The van der Waals surface area contributed by atoms with Gasteiger partial charge >= 0.3 is 0 Å². The average Bonchev–Trinajstić information content (AvgIpc) is 2.25. The first-order valence-electron chi connectivity index (χ1n) is 6.58. The highest BCUT2D eigenvalue weighted by Crippen LogP contribution is 2.18. The second kappa shape index (κ2) is 11.6. The van der Waals surface area contributed by atoms with Gasteiger partial charge in [0.15, 0.2) is 0 Å². The van der Waals surface area contributed by atoms with Gasteiger partial charge in [0.2, 0.25) is 0 Å². The zero-order chi connectivity index (χ0) is 11.4. The van der Waals surface area contributed by atoms with Crippen LogP contribution in [0.1, 0.15) is 65.2 Å². The van der Waals surface area contributed by atoms with E-state index in [-0.39, 0.29) is 0 Å². The lowest BCUT2D eigenvalue weighted by molar-refractivity contribution is 0.485. The van der Waals surface area contributed by atoms with Crippen molar-refractivity contribution in [2.75, 3.05) is 0 Å². The number of unbranched alkanes of at least 4 members (excludes halogenated alkanes) is 4. The van der Waals surface area contributed by atoms with Crippen LogP contribution in [0.5, 0.6) is 0 Å². The Balaban J connectivity index is 3.51. The van der Waals surface area contributed by atoms with E-state index in [1.165, 1.54) is 51.4 Å². The van der Waals surface area contributed by atoms with Gasteiger partial charge in [-0.25, -0.2) is 0 Å². The van der Waals surface area contributed by atoms with E-state index in [1.54, 1.807) is 0 Å². The molecule has 0 nitrogen and oxygen atoms in total. The summed E-state index contributed by atoms with van der Waals surface area (Å²) >= 11 is 0. The van der Waals surface area contributed by atoms with Gasteiger partial charge in [0.25, 0.3) is 0 Å². The Morgan fingerprint density at radius 1 is 1.07 bits per heavy atom. The van der Waals surface area contributed by atoms with Crippen LogP contribution in [0.25, 0.3) is 0 Å². The molecule has 0 radical (unpaired) electrons. The van der Waals surface area contributed by atoms with E-state index < -0.39 is 0 Å². The monoisotopic (exact) mass is 208 g/mol. The van der Waals surface area contributed by atoms with Gasteiger partial charge in [-0.1, -0.05) is 50.8 Å². The number of allylic oxidation sites excluding steroid dienone is 3. The molecular weight excluding hydrogens is 180 g/mol. The van der Waals surface area contributed by atoms with Crippen LogP contribution in [-0.2, 0) is 0 Å². The Hall–Kier alpha value is -0.520. The second-order valence-electron chi connectivity index (χ2n) is 4.35. The molecule has 0 fully saturated rings. The Kier molecular flexibility index (Phi) is 11.2. The van der Waals surface area contributed by atoms with E-state index in [0.29, 0.717) is 0 Å². The Labute approximate surface area is 96.5 Å². The predicted octanol–water partition coefficient (Wildman–Crippen LogP) is 5.51. The lowest BCUT2D eigenvalue weighted by Crippen LogP contribution is -1.96. The molecule has 0 aromatic rings. The first-order valence-corrected chi connectivity index (χ1v) is 6.58. The summed E-state index contributed by atoms with van der Waals surface area (Å²) in [5.41, 5.74) is 0. The molecular formula is C15H28. The van der Waals surface area contributed by atoms with Crippen molar-refractivity contribution < 1.29 is 0 Å². The molecule has 0 aliphatic heterocycles. The average molecular weight is 208 g/mol. The molecule has 1 unspecified atom stereocenters. The van der Waals surface area contributed by atoms with Crippen molar-refractivity contribution in [2.45, 2.75) is 65.2 Å². The molecule has 0 aliphatic rings. The molecule has 15 heavy (non-hydrogen) atoms. The third-order valence-electron chi connectivity index (χ3n) is 2.88. The highest BCUT2D eigenvalue weighted by atomic mass is 14.1. The fraction of sp³-hybridized carbons (Fsp3) is 0.733. The minimum absolute atomic E-state index is 0.832. The zero-order valence-electron chi connectivity index (χ0n) is 10.7. The molecule has 0 bridgehead atoms. The molecule has 88 valence electrons. The molecule has 0 amide bonds. The van der Waals surface area contributed by atoms with Crippen molar-refractivity contribution >= 4 is 0 Å². The normalized spacial score (nSPS) is 13.2. The van der Waals surface area contributed by atoms with E-state index in [2.05, 4.69) is 32.6 Å². The van der Waals surface area contributed by atoms with E-state index in [1.807, 2.05) is 6.08 Å². The van der Waals surface area contributed by atoms with Gasteiger partial charge in [-0.15, -0.1) is 6.58 Å². The summed E-state index contributed by atoms with van der Waals surface area (Å²) in [5, 5.41) is 0. The maximum atomic E-state index is 3.75. The largest absolute Gasteiger partial charge is 0.103 e. The molecule has 0 saturated carbocycles. The minimum atomic E-state index is 0.832. The Morgan fingerprint density at radius 2 is 1.80 bits per heavy atom. The lowest BCUT2D eigenvalue weighted by Gasteiger charge is -2.11. The topological polar surface area (TPSA) is 0 Å².